The van der Waals surface area contributed by atoms with Crippen molar-refractivity contribution in [1.82, 2.24) is 4.90 Å². The van der Waals surface area contributed by atoms with Crippen molar-refractivity contribution in [1.29, 1.82) is 0 Å². The van der Waals surface area contributed by atoms with E-state index in [1.54, 1.807) is 31.2 Å². The maximum absolute atomic E-state index is 13.5. The number of ketones is 1. The molecule has 0 bridgehead atoms. The summed E-state index contributed by atoms with van der Waals surface area (Å²) in [5.74, 6) is -2.03. The highest BCUT2D eigenvalue weighted by molar-refractivity contribution is 5.98. The van der Waals surface area contributed by atoms with Gasteiger partial charge in [-0.2, -0.15) is 0 Å². The molecule has 2 aromatic rings. The van der Waals surface area contributed by atoms with Crippen molar-refractivity contribution in [3.8, 4) is 0 Å². The summed E-state index contributed by atoms with van der Waals surface area (Å²) in [5.41, 5.74) is 0.840. The summed E-state index contributed by atoms with van der Waals surface area (Å²) in [4.78, 5) is 42.2. The van der Waals surface area contributed by atoms with Crippen molar-refractivity contribution in [3.63, 3.8) is 0 Å². The lowest BCUT2D eigenvalue weighted by Gasteiger charge is -2.38. The van der Waals surface area contributed by atoms with Crippen LogP contribution >= 0.6 is 0 Å². The molecule has 0 aromatic heterocycles. The molecule has 31 heavy (non-hydrogen) atoms. The minimum absolute atomic E-state index is 0.0224. The predicted octanol–water partition coefficient (Wildman–Crippen LogP) is 3.78. The van der Waals surface area contributed by atoms with Crippen LogP contribution in [-0.4, -0.2) is 47.4 Å². The fourth-order valence-corrected chi connectivity index (χ4v) is 5.15. The Bertz CT molecular complexity index is 1010. The molecule has 0 spiro atoms. The maximum atomic E-state index is 13.5. The summed E-state index contributed by atoms with van der Waals surface area (Å²) in [7, 11) is 3.87. The Hall–Kier alpha value is -3.35. The monoisotopic (exact) mass is 421 g/mol. The van der Waals surface area contributed by atoms with E-state index in [1.165, 1.54) is 4.90 Å². The fourth-order valence-electron chi connectivity index (χ4n) is 5.15. The molecule has 2 aliphatic rings. The number of anilines is 2. The van der Waals surface area contributed by atoms with Crippen molar-refractivity contribution in [2.24, 2.45) is 11.8 Å². The van der Waals surface area contributed by atoms with Crippen molar-refractivity contribution in [3.05, 3.63) is 60.2 Å². The molecule has 4 atom stereocenters. The summed E-state index contributed by atoms with van der Waals surface area (Å²) in [6.45, 7) is 1.57. The summed E-state index contributed by atoms with van der Waals surface area (Å²) < 4.78 is 0. The molecule has 162 valence electrons. The molecule has 1 aliphatic heterocycles. The van der Waals surface area contributed by atoms with Crippen LogP contribution in [0.2, 0.25) is 0 Å². The topological polar surface area (TPSA) is 90.0 Å². The number of amides is 2. The van der Waals surface area contributed by atoms with Crippen molar-refractivity contribution < 1.29 is 19.5 Å². The van der Waals surface area contributed by atoms with Crippen LogP contribution in [0.15, 0.2) is 54.6 Å². The first-order valence-corrected chi connectivity index (χ1v) is 10.4. The molecular weight excluding hydrogens is 394 g/mol. The first-order valence-electron chi connectivity index (χ1n) is 10.4. The number of urea groups is 1. The van der Waals surface area contributed by atoms with Gasteiger partial charge in [-0.05, 0) is 43.2 Å². The highest BCUT2D eigenvalue weighted by atomic mass is 16.4. The number of carboxylic acids is 1. The number of hydrogen-bond donors (Lipinski definition) is 2. The highest BCUT2D eigenvalue weighted by Gasteiger charge is 2.66. The van der Waals surface area contributed by atoms with Gasteiger partial charge in [0.25, 0.3) is 0 Å². The molecule has 4 rings (SSSR count). The number of para-hydroxylation sites is 1. The molecule has 1 saturated heterocycles. The van der Waals surface area contributed by atoms with Gasteiger partial charge in [-0.3, -0.25) is 4.79 Å². The van der Waals surface area contributed by atoms with E-state index < -0.39 is 35.4 Å². The number of carboxylic acid groups (broad SMARTS) is 1. The van der Waals surface area contributed by atoms with Crippen LogP contribution in [0.4, 0.5) is 16.2 Å². The molecular formula is C24H27N3O4. The van der Waals surface area contributed by atoms with E-state index in [0.29, 0.717) is 18.5 Å². The average molecular weight is 421 g/mol. The van der Waals surface area contributed by atoms with E-state index in [9.17, 15) is 19.5 Å². The van der Waals surface area contributed by atoms with Gasteiger partial charge in [-0.1, -0.05) is 30.3 Å². The van der Waals surface area contributed by atoms with Crippen LogP contribution in [0.25, 0.3) is 0 Å². The summed E-state index contributed by atoms with van der Waals surface area (Å²) in [5, 5.41) is 13.1. The Labute approximate surface area is 181 Å². The second kappa shape index (κ2) is 7.72. The molecule has 2 amide bonds. The van der Waals surface area contributed by atoms with Crippen molar-refractivity contribution >= 4 is 29.2 Å². The number of hydrogen-bond acceptors (Lipinski definition) is 4. The molecule has 2 N–H and O–H groups in total. The van der Waals surface area contributed by atoms with E-state index in [2.05, 4.69) is 5.32 Å². The quantitative estimate of drug-likeness (QED) is 0.784. The largest absolute Gasteiger partial charge is 0.479 e. The second-order valence-corrected chi connectivity index (χ2v) is 8.69. The van der Waals surface area contributed by atoms with Crippen LogP contribution in [0.5, 0.6) is 0 Å². The van der Waals surface area contributed by atoms with Gasteiger partial charge in [0.2, 0.25) is 0 Å². The second-order valence-electron chi connectivity index (χ2n) is 8.69. The Balaban J connectivity index is 1.80. The minimum Gasteiger partial charge on any atom is -0.479 e. The Kier molecular flexibility index (Phi) is 5.21. The lowest BCUT2D eigenvalue weighted by molar-refractivity contribution is -0.149. The molecule has 7 heteroatoms. The Morgan fingerprint density at radius 2 is 1.74 bits per heavy atom. The van der Waals surface area contributed by atoms with Gasteiger partial charge in [0.1, 0.15) is 11.3 Å². The molecule has 1 heterocycles. The maximum Gasteiger partial charge on any atom is 0.329 e. The summed E-state index contributed by atoms with van der Waals surface area (Å²) >= 11 is 0. The molecule has 4 unspecified atom stereocenters. The van der Waals surface area contributed by atoms with Gasteiger partial charge < -0.3 is 20.2 Å². The fraction of sp³-hybridized carbons (Fsp3) is 0.375. The van der Waals surface area contributed by atoms with Crippen LogP contribution in [0.3, 0.4) is 0 Å². The Morgan fingerprint density at radius 1 is 1.10 bits per heavy atom. The zero-order chi connectivity index (χ0) is 22.3. The summed E-state index contributed by atoms with van der Waals surface area (Å²) in [6.07, 6.45) is 0.812. The van der Waals surface area contributed by atoms with Gasteiger partial charge in [0.05, 0.1) is 6.04 Å². The normalized spacial score (nSPS) is 27.1. The summed E-state index contributed by atoms with van der Waals surface area (Å²) in [6, 6.07) is 15.4. The number of rotatable bonds is 4. The van der Waals surface area contributed by atoms with E-state index >= 15 is 0 Å². The lowest BCUT2D eigenvalue weighted by atomic mass is 9.81. The third-order valence-electron chi connectivity index (χ3n) is 6.78. The standard InChI is InChI=1S/C24H27N3O4/c1-24(22(29)30)18-13-14-19(28)20(18)21(15-9-11-17(12-10-15)26(2)3)27(24)23(31)25-16-7-5-4-6-8-16/h4-12,18,20-21H,13-14H2,1-3H3,(H,25,31)(H,29,30). The van der Waals surface area contributed by atoms with Crippen LogP contribution < -0.4 is 10.2 Å². The number of aliphatic carboxylic acids is 1. The van der Waals surface area contributed by atoms with E-state index in [4.69, 9.17) is 0 Å². The number of nitrogens with zero attached hydrogens (tertiary/aromatic N) is 2. The highest BCUT2D eigenvalue weighted by Crippen LogP contribution is 2.56. The van der Waals surface area contributed by atoms with Crippen LogP contribution in [-0.2, 0) is 9.59 Å². The molecule has 1 saturated carbocycles. The van der Waals surface area contributed by atoms with E-state index in [1.807, 2.05) is 49.3 Å². The third-order valence-corrected chi connectivity index (χ3v) is 6.78. The molecule has 1 aliphatic carbocycles. The van der Waals surface area contributed by atoms with Gasteiger partial charge in [0, 0.05) is 43.7 Å². The van der Waals surface area contributed by atoms with Crippen molar-refractivity contribution in [2.75, 3.05) is 24.3 Å². The van der Waals surface area contributed by atoms with E-state index in [0.717, 1.165) is 11.3 Å². The number of benzene rings is 2. The average Bonchev–Trinajstić information content (AvgIpc) is 3.25. The van der Waals surface area contributed by atoms with Gasteiger partial charge in [-0.25, -0.2) is 9.59 Å². The number of likely N-dealkylation sites (tertiary alicyclic amines) is 1. The van der Waals surface area contributed by atoms with Gasteiger partial charge >= 0.3 is 12.0 Å². The third kappa shape index (κ3) is 3.34. The number of carbonyl (C=O) groups excluding carboxylic acids is 2. The molecule has 2 aromatic carbocycles. The first-order chi connectivity index (χ1) is 14.7. The van der Waals surface area contributed by atoms with Crippen molar-refractivity contribution in [2.45, 2.75) is 31.3 Å². The Morgan fingerprint density at radius 3 is 2.32 bits per heavy atom. The van der Waals surface area contributed by atoms with Gasteiger partial charge in [0.15, 0.2) is 0 Å². The molecule has 7 nitrogen and oxygen atoms in total. The first kappa shape index (κ1) is 20.9. The van der Waals surface area contributed by atoms with E-state index in [-0.39, 0.29) is 5.78 Å². The zero-order valence-corrected chi connectivity index (χ0v) is 17.9. The molecule has 0 radical (unpaired) electrons. The SMILES string of the molecule is CN(C)c1ccc(C2C3C(=O)CCC3C(C)(C(=O)O)N2C(=O)Nc2ccccc2)cc1. The number of carbonyl (C=O) groups is 3. The van der Waals surface area contributed by atoms with Crippen LogP contribution in [0.1, 0.15) is 31.4 Å². The smallest absolute Gasteiger partial charge is 0.329 e. The minimum atomic E-state index is -1.49. The van der Waals surface area contributed by atoms with Gasteiger partial charge in [-0.15, -0.1) is 0 Å². The molecule has 2 fully saturated rings. The zero-order valence-electron chi connectivity index (χ0n) is 17.9. The lowest BCUT2D eigenvalue weighted by Crippen LogP contribution is -2.56. The number of nitrogens with one attached hydrogen (secondary N) is 1. The predicted molar refractivity (Wildman–Crippen MR) is 118 cm³/mol. The number of fused-ring (bicyclic) bond motifs is 1. The van der Waals surface area contributed by atoms with Crippen LogP contribution in [0, 0.1) is 11.8 Å². The number of Topliss-reactive ketones (excluding diaryl/α,β-unsaturated/α-hetero) is 1.